The van der Waals surface area contributed by atoms with Gasteiger partial charge in [-0.3, -0.25) is 4.79 Å². The zero-order valence-corrected chi connectivity index (χ0v) is 13.5. The summed E-state index contributed by atoms with van der Waals surface area (Å²) in [6.45, 7) is 6.96. The number of carbonyl (C=O) groups is 1. The number of fused-ring (bicyclic) bond motifs is 1. The fourth-order valence-electron chi connectivity index (χ4n) is 2.41. The van der Waals surface area contributed by atoms with E-state index in [4.69, 9.17) is 9.47 Å². The molecule has 0 bridgehead atoms. The van der Waals surface area contributed by atoms with Crippen molar-refractivity contribution in [1.29, 1.82) is 0 Å². The maximum atomic E-state index is 11.3. The second kappa shape index (κ2) is 6.04. The lowest BCUT2D eigenvalue weighted by atomic mass is 9.88. The summed E-state index contributed by atoms with van der Waals surface area (Å²) in [6, 6.07) is 1.85. The average Bonchev–Trinajstić information content (AvgIpc) is 2.62. The maximum Gasteiger partial charge on any atom is 0.310 e. The van der Waals surface area contributed by atoms with Crippen LogP contribution < -0.4 is 9.47 Å². The first-order chi connectivity index (χ1) is 9.43. The van der Waals surface area contributed by atoms with E-state index in [9.17, 15) is 9.90 Å². The highest BCUT2D eigenvalue weighted by atomic mass is 79.9. The van der Waals surface area contributed by atoms with Crippen LogP contribution in [0.3, 0.4) is 0 Å². The van der Waals surface area contributed by atoms with Gasteiger partial charge in [0, 0.05) is 12.0 Å². The standard InChI is InChI=1S/C15H19BrO4/c1-8(2)12-10(9(3)15(17)18)7-11(16)13-14(12)20-6-4-5-19-13/h7-9H,4-6H2,1-3H3,(H,17,18). The van der Waals surface area contributed by atoms with Crippen molar-refractivity contribution in [3.63, 3.8) is 0 Å². The topological polar surface area (TPSA) is 55.8 Å². The van der Waals surface area contributed by atoms with Crippen molar-refractivity contribution in [2.75, 3.05) is 13.2 Å². The minimum Gasteiger partial charge on any atom is -0.489 e. The number of rotatable bonds is 3. The largest absolute Gasteiger partial charge is 0.489 e. The molecule has 0 radical (unpaired) electrons. The molecule has 0 aromatic heterocycles. The highest BCUT2D eigenvalue weighted by Crippen LogP contribution is 2.46. The minimum atomic E-state index is -0.840. The van der Waals surface area contributed by atoms with Crippen LogP contribution >= 0.6 is 15.9 Å². The Kier molecular flexibility index (Phi) is 4.58. The van der Waals surface area contributed by atoms with Crippen molar-refractivity contribution >= 4 is 21.9 Å². The van der Waals surface area contributed by atoms with Crippen LogP contribution in [-0.4, -0.2) is 24.3 Å². The summed E-state index contributed by atoms with van der Waals surface area (Å²) >= 11 is 3.47. The number of benzene rings is 1. The first kappa shape index (κ1) is 15.2. The van der Waals surface area contributed by atoms with Crippen LogP contribution in [0.15, 0.2) is 10.5 Å². The van der Waals surface area contributed by atoms with Gasteiger partial charge >= 0.3 is 5.97 Å². The molecular formula is C15H19BrO4. The smallest absolute Gasteiger partial charge is 0.310 e. The van der Waals surface area contributed by atoms with Crippen LogP contribution in [0, 0.1) is 0 Å². The third kappa shape index (κ3) is 2.77. The van der Waals surface area contributed by atoms with Crippen LogP contribution in [-0.2, 0) is 4.79 Å². The van der Waals surface area contributed by atoms with Crippen molar-refractivity contribution < 1.29 is 19.4 Å². The van der Waals surface area contributed by atoms with Crippen LogP contribution in [0.5, 0.6) is 11.5 Å². The summed E-state index contributed by atoms with van der Waals surface area (Å²) < 4.78 is 12.3. The van der Waals surface area contributed by atoms with Gasteiger partial charge in [0.05, 0.1) is 23.6 Å². The molecule has 0 saturated heterocycles. The minimum absolute atomic E-state index is 0.162. The molecule has 1 heterocycles. The molecule has 0 fully saturated rings. The van der Waals surface area contributed by atoms with E-state index in [0.29, 0.717) is 24.7 Å². The maximum absolute atomic E-state index is 11.3. The first-order valence-electron chi connectivity index (χ1n) is 6.78. The molecule has 0 aliphatic carbocycles. The van der Waals surface area contributed by atoms with E-state index in [1.54, 1.807) is 6.92 Å². The van der Waals surface area contributed by atoms with Gasteiger partial charge in [0.15, 0.2) is 11.5 Å². The zero-order valence-electron chi connectivity index (χ0n) is 11.9. The van der Waals surface area contributed by atoms with Gasteiger partial charge in [-0.25, -0.2) is 0 Å². The van der Waals surface area contributed by atoms with Crippen LogP contribution in [0.1, 0.15) is 50.2 Å². The fourth-order valence-corrected chi connectivity index (χ4v) is 2.95. The number of carboxylic acids is 1. The van der Waals surface area contributed by atoms with E-state index in [2.05, 4.69) is 15.9 Å². The molecule has 1 aliphatic rings. The summed E-state index contributed by atoms with van der Waals surface area (Å²) in [7, 11) is 0. The van der Waals surface area contributed by atoms with Gasteiger partial charge in [0.25, 0.3) is 0 Å². The number of ether oxygens (including phenoxy) is 2. The molecule has 4 nitrogen and oxygen atoms in total. The Balaban J connectivity index is 2.66. The normalized spacial score (nSPS) is 15.8. The SMILES string of the molecule is CC(C)c1c(C(C)C(=O)O)cc(Br)c2c1OCCCO2. The summed E-state index contributed by atoms with van der Waals surface area (Å²) in [5, 5.41) is 9.30. The van der Waals surface area contributed by atoms with Gasteiger partial charge in [-0.2, -0.15) is 0 Å². The summed E-state index contributed by atoms with van der Waals surface area (Å²) in [5.41, 5.74) is 1.71. The van der Waals surface area contributed by atoms with Gasteiger partial charge in [-0.1, -0.05) is 13.8 Å². The van der Waals surface area contributed by atoms with Gasteiger partial charge in [-0.05, 0) is 40.4 Å². The van der Waals surface area contributed by atoms with Gasteiger partial charge in [-0.15, -0.1) is 0 Å². The number of aliphatic carboxylic acids is 1. The first-order valence-corrected chi connectivity index (χ1v) is 7.57. The molecular weight excluding hydrogens is 324 g/mol. The molecule has 110 valence electrons. The van der Waals surface area contributed by atoms with E-state index in [-0.39, 0.29) is 5.92 Å². The fraction of sp³-hybridized carbons (Fsp3) is 0.533. The predicted octanol–water partition coefficient (Wildman–Crippen LogP) is 3.92. The Morgan fingerprint density at radius 1 is 1.25 bits per heavy atom. The van der Waals surface area contributed by atoms with Crippen molar-refractivity contribution in [1.82, 2.24) is 0 Å². The average molecular weight is 343 g/mol. The second-order valence-electron chi connectivity index (χ2n) is 5.28. The Labute approximate surface area is 127 Å². The van der Waals surface area contributed by atoms with E-state index in [1.807, 2.05) is 19.9 Å². The Hall–Kier alpha value is -1.23. The summed E-state index contributed by atoms with van der Waals surface area (Å²) in [6.07, 6.45) is 0.822. The third-order valence-electron chi connectivity index (χ3n) is 3.46. The Morgan fingerprint density at radius 3 is 2.40 bits per heavy atom. The van der Waals surface area contributed by atoms with E-state index in [0.717, 1.165) is 22.0 Å². The molecule has 1 aromatic carbocycles. The molecule has 1 atom stereocenters. The lowest BCUT2D eigenvalue weighted by Crippen LogP contribution is -2.12. The number of halogens is 1. The van der Waals surface area contributed by atoms with Gasteiger partial charge < -0.3 is 14.6 Å². The molecule has 2 rings (SSSR count). The second-order valence-corrected chi connectivity index (χ2v) is 6.14. The van der Waals surface area contributed by atoms with Crippen molar-refractivity contribution in [2.45, 2.75) is 39.0 Å². The third-order valence-corrected chi connectivity index (χ3v) is 4.05. The van der Waals surface area contributed by atoms with Gasteiger partial charge in [0.2, 0.25) is 0 Å². The monoisotopic (exact) mass is 342 g/mol. The molecule has 0 saturated carbocycles. The van der Waals surface area contributed by atoms with E-state index in [1.165, 1.54) is 0 Å². The predicted molar refractivity (Wildman–Crippen MR) is 79.9 cm³/mol. The zero-order chi connectivity index (χ0) is 14.9. The number of carboxylic acid groups (broad SMARTS) is 1. The van der Waals surface area contributed by atoms with E-state index >= 15 is 0 Å². The lowest BCUT2D eigenvalue weighted by Gasteiger charge is -2.22. The quantitative estimate of drug-likeness (QED) is 0.904. The number of hydrogen-bond donors (Lipinski definition) is 1. The number of hydrogen-bond acceptors (Lipinski definition) is 3. The highest BCUT2D eigenvalue weighted by molar-refractivity contribution is 9.10. The van der Waals surface area contributed by atoms with Crippen LogP contribution in [0.25, 0.3) is 0 Å². The molecule has 5 heteroatoms. The molecule has 1 unspecified atom stereocenters. The Morgan fingerprint density at radius 2 is 1.85 bits per heavy atom. The lowest BCUT2D eigenvalue weighted by molar-refractivity contribution is -0.138. The molecule has 1 aromatic rings. The van der Waals surface area contributed by atoms with Crippen molar-refractivity contribution in [3.8, 4) is 11.5 Å². The van der Waals surface area contributed by atoms with Crippen LogP contribution in [0.4, 0.5) is 0 Å². The molecule has 20 heavy (non-hydrogen) atoms. The van der Waals surface area contributed by atoms with Crippen molar-refractivity contribution in [3.05, 3.63) is 21.7 Å². The molecule has 1 N–H and O–H groups in total. The molecule has 1 aliphatic heterocycles. The molecule has 0 spiro atoms. The highest BCUT2D eigenvalue weighted by Gasteiger charge is 2.28. The van der Waals surface area contributed by atoms with Crippen molar-refractivity contribution in [2.24, 2.45) is 0 Å². The molecule has 0 amide bonds. The summed E-state index contributed by atoms with van der Waals surface area (Å²) in [5.74, 6) is 0.118. The van der Waals surface area contributed by atoms with Crippen LogP contribution in [0.2, 0.25) is 0 Å². The van der Waals surface area contributed by atoms with Gasteiger partial charge in [0.1, 0.15) is 0 Å². The van der Waals surface area contributed by atoms with E-state index < -0.39 is 11.9 Å². The Bertz CT molecular complexity index is 525. The summed E-state index contributed by atoms with van der Waals surface area (Å²) in [4.78, 5) is 11.3.